The number of carbonyl (C=O) groups is 2. The Labute approximate surface area is 121 Å². The highest BCUT2D eigenvalue weighted by molar-refractivity contribution is 5.74. The van der Waals surface area contributed by atoms with Crippen molar-refractivity contribution in [2.24, 2.45) is 5.92 Å². The van der Waals surface area contributed by atoms with Crippen LogP contribution in [-0.2, 0) is 11.3 Å². The van der Waals surface area contributed by atoms with Crippen LogP contribution in [0.1, 0.15) is 25.3 Å². The predicted octanol–water partition coefficient (Wildman–Crippen LogP) is 2.26. The summed E-state index contributed by atoms with van der Waals surface area (Å²) < 4.78 is 25.7. The number of carboxylic acid groups (broad SMARTS) is 1. The van der Waals surface area contributed by atoms with E-state index in [4.69, 9.17) is 5.11 Å². The molecule has 0 spiro atoms. The van der Waals surface area contributed by atoms with Crippen LogP contribution >= 0.6 is 0 Å². The number of aliphatic carboxylic acids is 1. The first-order valence-corrected chi connectivity index (χ1v) is 6.59. The lowest BCUT2D eigenvalue weighted by molar-refractivity contribution is -0.138. The third-order valence-corrected chi connectivity index (χ3v) is 3.03. The average molecular weight is 300 g/mol. The molecule has 3 N–H and O–H groups in total. The molecule has 1 unspecified atom stereocenters. The number of halogens is 2. The maximum atomic E-state index is 13.0. The number of nitrogens with one attached hydrogen (secondary N) is 2. The van der Waals surface area contributed by atoms with Gasteiger partial charge in [0.1, 0.15) is 0 Å². The van der Waals surface area contributed by atoms with E-state index in [1.807, 2.05) is 6.92 Å². The topological polar surface area (TPSA) is 78.4 Å². The molecule has 0 aromatic heterocycles. The fraction of sp³-hybridized carbons (Fsp3) is 0.429. The minimum atomic E-state index is -0.970. The maximum Gasteiger partial charge on any atom is 0.315 e. The van der Waals surface area contributed by atoms with Crippen LogP contribution in [-0.4, -0.2) is 23.7 Å². The van der Waals surface area contributed by atoms with Crippen LogP contribution in [0.25, 0.3) is 0 Å². The van der Waals surface area contributed by atoms with Gasteiger partial charge in [0, 0.05) is 19.5 Å². The SMILES string of the molecule is CCC(CNC(=O)NCc1ccc(F)c(F)c1)CC(=O)O. The summed E-state index contributed by atoms with van der Waals surface area (Å²) >= 11 is 0. The molecule has 1 rings (SSSR count). The molecular weight excluding hydrogens is 282 g/mol. The van der Waals surface area contributed by atoms with Crippen molar-refractivity contribution < 1.29 is 23.5 Å². The second-order valence-corrected chi connectivity index (χ2v) is 4.68. The van der Waals surface area contributed by atoms with E-state index in [9.17, 15) is 18.4 Å². The highest BCUT2D eigenvalue weighted by atomic mass is 19.2. The van der Waals surface area contributed by atoms with Gasteiger partial charge in [-0.2, -0.15) is 0 Å². The summed E-state index contributed by atoms with van der Waals surface area (Å²) in [5, 5.41) is 13.7. The highest BCUT2D eigenvalue weighted by Gasteiger charge is 2.12. The number of benzene rings is 1. The third-order valence-electron chi connectivity index (χ3n) is 3.03. The lowest BCUT2D eigenvalue weighted by atomic mass is 10.0. The Balaban J connectivity index is 2.36. The van der Waals surface area contributed by atoms with Gasteiger partial charge in [-0.15, -0.1) is 0 Å². The van der Waals surface area contributed by atoms with E-state index in [-0.39, 0.29) is 25.4 Å². The third kappa shape index (κ3) is 6.20. The van der Waals surface area contributed by atoms with Crippen molar-refractivity contribution in [1.29, 1.82) is 0 Å². The van der Waals surface area contributed by atoms with Crippen molar-refractivity contribution >= 4 is 12.0 Å². The van der Waals surface area contributed by atoms with E-state index in [0.29, 0.717) is 12.0 Å². The molecular formula is C14H18F2N2O3. The van der Waals surface area contributed by atoms with E-state index >= 15 is 0 Å². The monoisotopic (exact) mass is 300 g/mol. The lowest BCUT2D eigenvalue weighted by Gasteiger charge is -2.14. The minimum absolute atomic E-state index is 0.0139. The zero-order valence-corrected chi connectivity index (χ0v) is 11.7. The average Bonchev–Trinajstić information content (AvgIpc) is 2.44. The molecule has 5 nitrogen and oxygen atoms in total. The summed E-state index contributed by atoms with van der Waals surface area (Å²) in [7, 11) is 0. The Morgan fingerprint density at radius 2 is 1.95 bits per heavy atom. The Bertz CT molecular complexity index is 509. The zero-order chi connectivity index (χ0) is 15.8. The summed E-state index contributed by atoms with van der Waals surface area (Å²) in [6, 6.07) is 2.89. The van der Waals surface area contributed by atoms with Gasteiger partial charge in [-0.3, -0.25) is 4.79 Å². The molecule has 21 heavy (non-hydrogen) atoms. The molecule has 1 aromatic carbocycles. The van der Waals surface area contributed by atoms with E-state index in [1.54, 1.807) is 0 Å². The van der Waals surface area contributed by atoms with Gasteiger partial charge in [0.15, 0.2) is 11.6 Å². The van der Waals surface area contributed by atoms with Gasteiger partial charge in [0.2, 0.25) is 0 Å². The van der Waals surface area contributed by atoms with E-state index in [0.717, 1.165) is 12.1 Å². The van der Waals surface area contributed by atoms with Gasteiger partial charge < -0.3 is 15.7 Å². The summed E-state index contributed by atoms with van der Waals surface area (Å²) in [6.45, 7) is 2.14. The molecule has 0 saturated carbocycles. The van der Waals surface area contributed by atoms with Crippen molar-refractivity contribution in [3.8, 4) is 0 Å². The van der Waals surface area contributed by atoms with Gasteiger partial charge in [-0.05, 0) is 23.6 Å². The number of rotatable bonds is 7. The Hall–Kier alpha value is -2.18. The normalized spacial score (nSPS) is 11.8. The Morgan fingerprint density at radius 1 is 1.24 bits per heavy atom. The number of hydrogen-bond donors (Lipinski definition) is 3. The molecule has 116 valence electrons. The number of carboxylic acids is 1. The Kier molecular flexibility index (Phi) is 6.58. The molecule has 0 aliphatic rings. The van der Waals surface area contributed by atoms with Gasteiger partial charge in [-0.1, -0.05) is 19.4 Å². The maximum absolute atomic E-state index is 13.0. The molecule has 0 fully saturated rings. The van der Waals surface area contributed by atoms with Crippen LogP contribution in [0.5, 0.6) is 0 Å². The smallest absolute Gasteiger partial charge is 0.315 e. The van der Waals surface area contributed by atoms with Crippen LogP contribution in [0.4, 0.5) is 13.6 Å². The van der Waals surface area contributed by atoms with Crippen LogP contribution in [0.3, 0.4) is 0 Å². The second kappa shape index (κ2) is 8.18. The number of amides is 2. The van der Waals surface area contributed by atoms with E-state index in [2.05, 4.69) is 10.6 Å². The molecule has 0 aliphatic heterocycles. The largest absolute Gasteiger partial charge is 0.481 e. The minimum Gasteiger partial charge on any atom is -0.481 e. The number of carbonyl (C=O) groups excluding carboxylic acids is 1. The fourth-order valence-corrected chi connectivity index (χ4v) is 1.74. The van der Waals surface area contributed by atoms with Crippen molar-refractivity contribution in [3.63, 3.8) is 0 Å². The molecule has 0 radical (unpaired) electrons. The van der Waals surface area contributed by atoms with Crippen LogP contribution < -0.4 is 10.6 Å². The fourth-order valence-electron chi connectivity index (χ4n) is 1.74. The molecule has 0 heterocycles. The van der Waals surface area contributed by atoms with Gasteiger partial charge in [0.25, 0.3) is 0 Å². The van der Waals surface area contributed by atoms with Crippen molar-refractivity contribution in [2.45, 2.75) is 26.3 Å². The van der Waals surface area contributed by atoms with E-state index in [1.165, 1.54) is 6.07 Å². The van der Waals surface area contributed by atoms with Crippen molar-refractivity contribution in [1.82, 2.24) is 10.6 Å². The molecule has 1 aromatic rings. The summed E-state index contributed by atoms with van der Waals surface area (Å²) in [6.07, 6.45) is 0.621. The summed E-state index contributed by atoms with van der Waals surface area (Å²) in [4.78, 5) is 22.1. The molecule has 0 aliphatic carbocycles. The number of hydrogen-bond acceptors (Lipinski definition) is 2. The number of urea groups is 1. The highest BCUT2D eigenvalue weighted by Crippen LogP contribution is 2.08. The molecule has 0 saturated heterocycles. The summed E-state index contributed by atoms with van der Waals surface area (Å²) in [5.41, 5.74) is 0.432. The van der Waals surface area contributed by atoms with Crippen LogP contribution in [0.15, 0.2) is 18.2 Å². The van der Waals surface area contributed by atoms with Gasteiger partial charge in [-0.25, -0.2) is 13.6 Å². The lowest BCUT2D eigenvalue weighted by Crippen LogP contribution is -2.38. The molecule has 0 bridgehead atoms. The first-order valence-electron chi connectivity index (χ1n) is 6.59. The molecule has 2 amide bonds. The first kappa shape index (κ1) is 16.9. The quantitative estimate of drug-likeness (QED) is 0.723. The molecule has 1 atom stereocenters. The van der Waals surface area contributed by atoms with Gasteiger partial charge >= 0.3 is 12.0 Å². The Morgan fingerprint density at radius 3 is 2.52 bits per heavy atom. The second-order valence-electron chi connectivity index (χ2n) is 4.68. The van der Waals surface area contributed by atoms with Gasteiger partial charge in [0.05, 0.1) is 0 Å². The van der Waals surface area contributed by atoms with Crippen LogP contribution in [0, 0.1) is 17.6 Å². The van der Waals surface area contributed by atoms with Crippen molar-refractivity contribution in [2.75, 3.05) is 6.54 Å². The predicted molar refractivity (Wildman–Crippen MR) is 72.6 cm³/mol. The molecule has 7 heteroatoms. The van der Waals surface area contributed by atoms with E-state index < -0.39 is 23.6 Å². The summed E-state index contributed by atoms with van der Waals surface area (Å²) in [5.74, 6) is -2.97. The zero-order valence-electron chi connectivity index (χ0n) is 11.7. The standard InChI is InChI=1S/C14H18F2N2O3/c1-2-9(6-13(19)20)7-17-14(21)18-8-10-3-4-11(15)12(16)5-10/h3-5,9H,2,6-8H2,1H3,(H,19,20)(H2,17,18,21). The van der Waals surface area contributed by atoms with Crippen molar-refractivity contribution in [3.05, 3.63) is 35.4 Å². The first-order chi connectivity index (χ1) is 9.92. The van der Waals surface area contributed by atoms with Crippen LogP contribution in [0.2, 0.25) is 0 Å².